The molecule has 0 bridgehead atoms. The number of carboxylic acid groups (broad SMARTS) is 1. The number of H-pyrrole nitrogens is 1. The second-order valence-electron chi connectivity index (χ2n) is 4.92. The third kappa shape index (κ3) is 7.91. The van der Waals surface area contributed by atoms with Crippen molar-refractivity contribution in [1.82, 2.24) is 25.8 Å². The van der Waals surface area contributed by atoms with Gasteiger partial charge in [-0.25, -0.2) is 9.78 Å². The summed E-state index contributed by atoms with van der Waals surface area (Å²) < 4.78 is 0. The largest absolute Gasteiger partial charge is 0.481 e. The molecule has 0 fully saturated rings. The summed E-state index contributed by atoms with van der Waals surface area (Å²) in [5.74, 6) is 0.157. The Morgan fingerprint density at radius 2 is 2.14 bits per heavy atom. The fraction of sp³-hybridized carbons (Fsp3) is 0.692. The smallest absolute Gasteiger partial charge is 0.315 e. The van der Waals surface area contributed by atoms with Gasteiger partial charge < -0.3 is 15.7 Å². The van der Waals surface area contributed by atoms with Crippen LogP contribution in [0.3, 0.4) is 0 Å². The van der Waals surface area contributed by atoms with Crippen LogP contribution in [-0.2, 0) is 11.3 Å². The lowest BCUT2D eigenvalue weighted by Crippen LogP contribution is -2.36. The van der Waals surface area contributed by atoms with E-state index in [2.05, 4.69) is 32.7 Å². The molecular formula is C13H23N5O3. The highest BCUT2D eigenvalue weighted by Gasteiger charge is 2.11. The standard InChI is InChI=1S/C13H23N5O3/c1-2-3-10(4-5-12(19)20)6-7-14-13(21)15-8-11-16-9-17-18-11/h9-10H,2-8H2,1H3,(H,19,20)(H2,14,15,21)(H,16,17,18). The summed E-state index contributed by atoms with van der Waals surface area (Å²) in [6.07, 6.45) is 5.01. The lowest BCUT2D eigenvalue weighted by Gasteiger charge is -2.15. The van der Waals surface area contributed by atoms with Crippen LogP contribution in [0.25, 0.3) is 0 Å². The average molecular weight is 297 g/mol. The first kappa shape index (κ1) is 16.9. The van der Waals surface area contributed by atoms with Crippen molar-refractivity contribution in [2.45, 2.75) is 45.6 Å². The number of rotatable bonds is 10. The maximum absolute atomic E-state index is 11.6. The van der Waals surface area contributed by atoms with Crippen LogP contribution < -0.4 is 10.6 Å². The molecule has 1 rings (SSSR count). The van der Waals surface area contributed by atoms with Gasteiger partial charge in [0, 0.05) is 13.0 Å². The second kappa shape index (κ2) is 9.73. The van der Waals surface area contributed by atoms with Crippen molar-refractivity contribution >= 4 is 12.0 Å². The molecule has 8 heteroatoms. The molecule has 0 aliphatic carbocycles. The van der Waals surface area contributed by atoms with Crippen molar-refractivity contribution in [3.63, 3.8) is 0 Å². The predicted octanol–water partition coefficient (Wildman–Crippen LogP) is 1.28. The number of urea groups is 1. The van der Waals surface area contributed by atoms with Crippen LogP contribution in [0, 0.1) is 5.92 Å². The minimum Gasteiger partial charge on any atom is -0.481 e. The maximum atomic E-state index is 11.6. The molecule has 1 aromatic rings. The Morgan fingerprint density at radius 1 is 1.33 bits per heavy atom. The molecule has 0 saturated heterocycles. The van der Waals surface area contributed by atoms with Gasteiger partial charge in [0.25, 0.3) is 0 Å². The highest BCUT2D eigenvalue weighted by atomic mass is 16.4. The Hall–Kier alpha value is -2.12. The van der Waals surface area contributed by atoms with Gasteiger partial charge in [-0.2, -0.15) is 5.10 Å². The summed E-state index contributed by atoms with van der Waals surface area (Å²) in [5, 5.41) is 20.5. The second-order valence-corrected chi connectivity index (χ2v) is 4.92. The lowest BCUT2D eigenvalue weighted by molar-refractivity contribution is -0.137. The van der Waals surface area contributed by atoms with Crippen molar-refractivity contribution in [3.05, 3.63) is 12.2 Å². The van der Waals surface area contributed by atoms with Gasteiger partial charge in [-0.3, -0.25) is 9.89 Å². The van der Waals surface area contributed by atoms with E-state index < -0.39 is 5.97 Å². The van der Waals surface area contributed by atoms with E-state index in [4.69, 9.17) is 5.11 Å². The first-order valence-corrected chi connectivity index (χ1v) is 7.19. The molecule has 1 heterocycles. The number of nitrogens with zero attached hydrogens (tertiary/aromatic N) is 2. The SMILES string of the molecule is CCCC(CCNC(=O)NCc1ncn[nH]1)CCC(=O)O. The number of aromatic amines is 1. The molecule has 21 heavy (non-hydrogen) atoms. The molecule has 2 amide bonds. The van der Waals surface area contributed by atoms with E-state index in [0.29, 0.717) is 31.3 Å². The number of carbonyl (C=O) groups is 2. The number of carboxylic acids is 1. The van der Waals surface area contributed by atoms with E-state index in [1.165, 1.54) is 6.33 Å². The van der Waals surface area contributed by atoms with E-state index >= 15 is 0 Å². The minimum atomic E-state index is -0.770. The number of hydrogen-bond acceptors (Lipinski definition) is 4. The van der Waals surface area contributed by atoms with Crippen molar-refractivity contribution in [2.24, 2.45) is 5.92 Å². The van der Waals surface area contributed by atoms with Crippen molar-refractivity contribution < 1.29 is 14.7 Å². The summed E-state index contributed by atoms with van der Waals surface area (Å²) in [6.45, 7) is 2.90. The zero-order valence-electron chi connectivity index (χ0n) is 12.3. The number of aliphatic carboxylic acids is 1. The predicted molar refractivity (Wildman–Crippen MR) is 76.5 cm³/mol. The van der Waals surface area contributed by atoms with E-state index in [1.54, 1.807) is 0 Å². The van der Waals surface area contributed by atoms with Crippen LogP contribution in [0.15, 0.2) is 6.33 Å². The molecule has 0 saturated carbocycles. The zero-order chi connectivity index (χ0) is 15.5. The Morgan fingerprint density at radius 3 is 2.76 bits per heavy atom. The average Bonchev–Trinajstić information content (AvgIpc) is 2.95. The van der Waals surface area contributed by atoms with Gasteiger partial charge in [0.15, 0.2) is 0 Å². The molecular weight excluding hydrogens is 274 g/mol. The van der Waals surface area contributed by atoms with Gasteiger partial charge in [0.2, 0.25) is 0 Å². The van der Waals surface area contributed by atoms with Crippen LogP contribution >= 0.6 is 0 Å². The summed E-state index contributed by atoms with van der Waals surface area (Å²) in [6, 6.07) is -0.264. The first-order chi connectivity index (χ1) is 10.1. The lowest BCUT2D eigenvalue weighted by atomic mass is 9.94. The van der Waals surface area contributed by atoms with E-state index in [0.717, 1.165) is 19.3 Å². The third-order valence-corrected chi connectivity index (χ3v) is 3.18. The highest BCUT2D eigenvalue weighted by molar-refractivity contribution is 5.73. The van der Waals surface area contributed by atoms with Gasteiger partial charge in [0.1, 0.15) is 12.2 Å². The Bertz CT molecular complexity index is 421. The molecule has 0 aliphatic heterocycles. The number of nitrogens with one attached hydrogen (secondary N) is 3. The Balaban J connectivity index is 2.16. The fourth-order valence-corrected chi connectivity index (χ4v) is 2.10. The highest BCUT2D eigenvalue weighted by Crippen LogP contribution is 2.17. The fourth-order valence-electron chi connectivity index (χ4n) is 2.10. The van der Waals surface area contributed by atoms with E-state index in [1.807, 2.05) is 0 Å². The molecule has 0 radical (unpaired) electrons. The minimum absolute atomic E-state index is 0.183. The van der Waals surface area contributed by atoms with Gasteiger partial charge in [-0.05, 0) is 18.8 Å². The van der Waals surface area contributed by atoms with Crippen molar-refractivity contribution in [3.8, 4) is 0 Å². The van der Waals surface area contributed by atoms with E-state index in [-0.39, 0.29) is 12.5 Å². The molecule has 8 nitrogen and oxygen atoms in total. The molecule has 0 aliphatic rings. The number of hydrogen-bond donors (Lipinski definition) is 4. The summed E-state index contributed by atoms with van der Waals surface area (Å²) in [5.41, 5.74) is 0. The van der Waals surface area contributed by atoms with Gasteiger partial charge in [-0.15, -0.1) is 0 Å². The Kier molecular flexibility index (Phi) is 7.85. The van der Waals surface area contributed by atoms with Crippen LogP contribution in [0.4, 0.5) is 4.79 Å². The maximum Gasteiger partial charge on any atom is 0.315 e. The van der Waals surface area contributed by atoms with Crippen LogP contribution in [0.1, 0.15) is 44.9 Å². The molecule has 4 N–H and O–H groups in total. The van der Waals surface area contributed by atoms with Gasteiger partial charge >= 0.3 is 12.0 Å². The number of amides is 2. The molecule has 1 unspecified atom stereocenters. The van der Waals surface area contributed by atoms with Crippen LogP contribution in [0.2, 0.25) is 0 Å². The molecule has 0 spiro atoms. The monoisotopic (exact) mass is 297 g/mol. The summed E-state index contributed by atoms with van der Waals surface area (Å²) in [7, 11) is 0. The van der Waals surface area contributed by atoms with Gasteiger partial charge in [-0.1, -0.05) is 19.8 Å². The molecule has 118 valence electrons. The summed E-state index contributed by atoms with van der Waals surface area (Å²) in [4.78, 5) is 26.1. The van der Waals surface area contributed by atoms with Crippen LogP contribution in [0.5, 0.6) is 0 Å². The summed E-state index contributed by atoms with van der Waals surface area (Å²) >= 11 is 0. The van der Waals surface area contributed by atoms with Crippen molar-refractivity contribution in [2.75, 3.05) is 6.54 Å². The number of aromatic nitrogens is 3. The quantitative estimate of drug-likeness (QED) is 0.518. The van der Waals surface area contributed by atoms with E-state index in [9.17, 15) is 9.59 Å². The van der Waals surface area contributed by atoms with Crippen LogP contribution in [-0.4, -0.2) is 38.8 Å². The van der Waals surface area contributed by atoms with Crippen molar-refractivity contribution in [1.29, 1.82) is 0 Å². The zero-order valence-corrected chi connectivity index (χ0v) is 12.3. The molecule has 0 aromatic carbocycles. The Labute approximate surface area is 123 Å². The molecule has 1 aromatic heterocycles. The number of carbonyl (C=O) groups excluding carboxylic acids is 1. The normalized spacial score (nSPS) is 11.9. The third-order valence-electron chi connectivity index (χ3n) is 3.18. The topological polar surface area (TPSA) is 120 Å². The molecule has 1 atom stereocenters. The van der Waals surface area contributed by atoms with Gasteiger partial charge in [0.05, 0.1) is 6.54 Å². The first-order valence-electron chi connectivity index (χ1n) is 7.19.